The Labute approximate surface area is 114 Å². The Morgan fingerprint density at radius 3 is 2.26 bits per heavy atom. The molecule has 0 bridgehead atoms. The Morgan fingerprint density at radius 2 is 1.84 bits per heavy atom. The van der Waals surface area contributed by atoms with Crippen LogP contribution in [0.5, 0.6) is 0 Å². The lowest BCUT2D eigenvalue weighted by atomic mass is 9.74. The van der Waals surface area contributed by atoms with Gasteiger partial charge in [0.15, 0.2) is 0 Å². The SMILES string of the molecule is CC(C)N(CC(F)(F)F)CC(C)(C)C1CCCNC1. The number of hydrogen-bond acceptors (Lipinski definition) is 2. The van der Waals surface area contributed by atoms with Crippen LogP contribution in [0.3, 0.4) is 0 Å². The molecule has 114 valence electrons. The fraction of sp³-hybridized carbons (Fsp3) is 1.00. The van der Waals surface area contributed by atoms with Crippen molar-refractivity contribution in [3.05, 3.63) is 0 Å². The Kier molecular flexibility index (Phi) is 5.68. The minimum absolute atomic E-state index is 0.0857. The van der Waals surface area contributed by atoms with E-state index in [9.17, 15) is 13.2 Å². The zero-order valence-corrected chi connectivity index (χ0v) is 12.5. The highest BCUT2D eigenvalue weighted by atomic mass is 19.4. The van der Waals surface area contributed by atoms with E-state index in [1.165, 1.54) is 0 Å². The van der Waals surface area contributed by atoms with Gasteiger partial charge in [0.1, 0.15) is 0 Å². The second kappa shape index (κ2) is 6.44. The van der Waals surface area contributed by atoms with Crippen molar-refractivity contribution in [3.63, 3.8) is 0 Å². The lowest BCUT2D eigenvalue weighted by Crippen LogP contribution is -2.49. The molecule has 1 aliphatic rings. The fourth-order valence-corrected chi connectivity index (χ4v) is 2.82. The van der Waals surface area contributed by atoms with Gasteiger partial charge in [-0.2, -0.15) is 13.2 Å². The summed E-state index contributed by atoms with van der Waals surface area (Å²) in [6, 6.07) is -0.0857. The highest BCUT2D eigenvalue weighted by Crippen LogP contribution is 2.34. The highest BCUT2D eigenvalue weighted by Gasteiger charge is 2.37. The monoisotopic (exact) mass is 280 g/mol. The molecule has 5 heteroatoms. The van der Waals surface area contributed by atoms with Crippen LogP contribution in [0, 0.1) is 11.3 Å². The number of rotatable bonds is 5. The van der Waals surface area contributed by atoms with Crippen LogP contribution in [0.15, 0.2) is 0 Å². The number of alkyl halides is 3. The largest absolute Gasteiger partial charge is 0.401 e. The molecular weight excluding hydrogens is 253 g/mol. The van der Waals surface area contributed by atoms with E-state index in [1.54, 1.807) is 4.90 Å². The molecule has 0 aromatic rings. The first kappa shape index (κ1) is 16.8. The van der Waals surface area contributed by atoms with E-state index in [0.717, 1.165) is 25.9 Å². The van der Waals surface area contributed by atoms with Crippen LogP contribution in [0.25, 0.3) is 0 Å². The average Bonchev–Trinajstić information content (AvgIpc) is 2.27. The number of nitrogens with one attached hydrogen (secondary N) is 1. The highest BCUT2D eigenvalue weighted by molar-refractivity contribution is 4.86. The number of piperidine rings is 1. The second-order valence-corrected chi connectivity index (χ2v) is 6.65. The van der Waals surface area contributed by atoms with Gasteiger partial charge in [-0.25, -0.2) is 0 Å². The van der Waals surface area contributed by atoms with Gasteiger partial charge in [0.25, 0.3) is 0 Å². The van der Waals surface area contributed by atoms with E-state index in [1.807, 2.05) is 13.8 Å². The molecule has 1 heterocycles. The first-order valence-corrected chi connectivity index (χ1v) is 7.13. The lowest BCUT2D eigenvalue weighted by molar-refractivity contribution is -0.153. The third-order valence-electron chi connectivity index (χ3n) is 4.13. The summed E-state index contributed by atoms with van der Waals surface area (Å²) in [5, 5.41) is 3.35. The summed E-state index contributed by atoms with van der Waals surface area (Å²) in [4.78, 5) is 1.55. The van der Waals surface area contributed by atoms with E-state index in [4.69, 9.17) is 0 Å². The molecule has 0 aromatic heterocycles. The smallest absolute Gasteiger partial charge is 0.316 e. The summed E-state index contributed by atoms with van der Waals surface area (Å²) in [6.07, 6.45) is -1.89. The predicted octanol–water partition coefficient (Wildman–Crippen LogP) is 3.28. The third kappa shape index (κ3) is 5.69. The van der Waals surface area contributed by atoms with Gasteiger partial charge < -0.3 is 5.32 Å². The molecular formula is C14H27F3N2. The first-order chi connectivity index (χ1) is 8.62. The fourth-order valence-electron chi connectivity index (χ4n) is 2.82. The van der Waals surface area contributed by atoms with E-state index in [-0.39, 0.29) is 11.5 Å². The van der Waals surface area contributed by atoms with Crippen LogP contribution < -0.4 is 5.32 Å². The molecule has 19 heavy (non-hydrogen) atoms. The van der Waals surface area contributed by atoms with Gasteiger partial charge in [0, 0.05) is 12.6 Å². The van der Waals surface area contributed by atoms with Crippen LogP contribution in [-0.2, 0) is 0 Å². The van der Waals surface area contributed by atoms with Crippen molar-refractivity contribution in [3.8, 4) is 0 Å². The van der Waals surface area contributed by atoms with Crippen LogP contribution in [0.2, 0.25) is 0 Å². The van der Waals surface area contributed by atoms with Gasteiger partial charge in [-0.3, -0.25) is 4.90 Å². The van der Waals surface area contributed by atoms with Crippen LogP contribution in [-0.4, -0.2) is 43.3 Å². The van der Waals surface area contributed by atoms with Gasteiger partial charge in [-0.15, -0.1) is 0 Å². The van der Waals surface area contributed by atoms with Crippen LogP contribution in [0.1, 0.15) is 40.5 Å². The van der Waals surface area contributed by atoms with Gasteiger partial charge >= 0.3 is 6.18 Å². The van der Waals surface area contributed by atoms with E-state index >= 15 is 0 Å². The summed E-state index contributed by atoms with van der Waals surface area (Å²) in [5.74, 6) is 0.454. The minimum Gasteiger partial charge on any atom is -0.316 e. The maximum absolute atomic E-state index is 12.6. The molecule has 0 saturated carbocycles. The molecule has 1 rings (SSSR count). The Bertz CT molecular complexity index is 268. The molecule has 2 nitrogen and oxygen atoms in total. The molecule has 0 aliphatic carbocycles. The van der Waals surface area contributed by atoms with E-state index in [0.29, 0.717) is 12.5 Å². The van der Waals surface area contributed by atoms with Crippen molar-refractivity contribution < 1.29 is 13.2 Å². The maximum Gasteiger partial charge on any atom is 0.401 e. The lowest BCUT2D eigenvalue weighted by Gasteiger charge is -2.42. The first-order valence-electron chi connectivity index (χ1n) is 7.13. The van der Waals surface area contributed by atoms with Crippen molar-refractivity contribution in [2.24, 2.45) is 11.3 Å². The summed E-state index contributed by atoms with van der Waals surface area (Å²) >= 11 is 0. The zero-order chi connectivity index (χ0) is 14.7. The van der Waals surface area contributed by atoms with Gasteiger partial charge in [-0.05, 0) is 51.1 Å². The zero-order valence-electron chi connectivity index (χ0n) is 12.5. The van der Waals surface area contributed by atoms with E-state index in [2.05, 4.69) is 19.2 Å². The molecule has 1 N–H and O–H groups in total. The van der Waals surface area contributed by atoms with Crippen molar-refractivity contribution in [2.75, 3.05) is 26.2 Å². The third-order valence-corrected chi connectivity index (χ3v) is 4.13. The number of nitrogens with zero attached hydrogens (tertiary/aromatic N) is 1. The summed E-state index contributed by atoms with van der Waals surface area (Å²) in [5.41, 5.74) is -0.0943. The van der Waals surface area contributed by atoms with Crippen molar-refractivity contribution in [2.45, 2.75) is 52.8 Å². The molecule has 0 spiro atoms. The standard InChI is InChI=1S/C14H27F3N2/c1-11(2)19(10-14(15,16)17)9-13(3,4)12-6-5-7-18-8-12/h11-12,18H,5-10H2,1-4H3. The topological polar surface area (TPSA) is 15.3 Å². The van der Waals surface area contributed by atoms with Crippen molar-refractivity contribution in [1.82, 2.24) is 10.2 Å². The Morgan fingerprint density at radius 1 is 1.21 bits per heavy atom. The Balaban J connectivity index is 2.65. The molecule has 1 unspecified atom stereocenters. The summed E-state index contributed by atoms with van der Waals surface area (Å²) < 4.78 is 37.9. The normalized spacial score (nSPS) is 22.3. The molecule has 1 saturated heterocycles. The van der Waals surface area contributed by atoms with E-state index < -0.39 is 12.7 Å². The summed E-state index contributed by atoms with van der Waals surface area (Å²) in [6.45, 7) is 9.49. The second-order valence-electron chi connectivity index (χ2n) is 6.65. The summed E-state index contributed by atoms with van der Waals surface area (Å²) in [7, 11) is 0. The van der Waals surface area contributed by atoms with Crippen LogP contribution in [0.4, 0.5) is 13.2 Å². The predicted molar refractivity (Wildman–Crippen MR) is 72.1 cm³/mol. The van der Waals surface area contributed by atoms with Gasteiger partial charge in [0.2, 0.25) is 0 Å². The molecule has 1 atom stereocenters. The number of hydrogen-bond donors (Lipinski definition) is 1. The quantitative estimate of drug-likeness (QED) is 0.831. The maximum atomic E-state index is 12.6. The molecule has 1 fully saturated rings. The minimum atomic E-state index is -4.12. The molecule has 0 radical (unpaired) electrons. The van der Waals surface area contributed by atoms with Gasteiger partial charge in [0.05, 0.1) is 6.54 Å². The Hall–Kier alpha value is -0.290. The average molecular weight is 280 g/mol. The van der Waals surface area contributed by atoms with Crippen molar-refractivity contribution >= 4 is 0 Å². The molecule has 0 amide bonds. The van der Waals surface area contributed by atoms with Crippen molar-refractivity contribution in [1.29, 1.82) is 0 Å². The van der Waals surface area contributed by atoms with Gasteiger partial charge in [-0.1, -0.05) is 13.8 Å². The molecule has 1 aliphatic heterocycles. The number of halogens is 3. The van der Waals surface area contributed by atoms with Crippen LogP contribution >= 0.6 is 0 Å². The molecule has 0 aromatic carbocycles.